The quantitative estimate of drug-likeness (QED) is 0.571. The van der Waals surface area contributed by atoms with Gasteiger partial charge in [-0.05, 0) is 43.4 Å². The van der Waals surface area contributed by atoms with Crippen LogP contribution < -0.4 is 5.43 Å². The number of hydrogen-bond acceptors (Lipinski definition) is 3. The third-order valence-electron chi connectivity index (χ3n) is 3.94. The number of aryl methyl sites for hydroxylation is 1. The van der Waals surface area contributed by atoms with Crippen LogP contribution in [0.4, 0.5) is 0 Å². The lowest BCUT2D eigenvalue weighted by Gasteiger charge is -2.12. The van der Waals surface area contributed by atoms with Crippen LogP contribution in [0.2, 0.25) is 0 Å². The summed E-state index contributed by atoms with van der Waals surface area (Å²) in [6, 6.07) is 17.1. The smallest absolute Gasteiger partial charge is 0.239 e. The summed E-state index contributed by atoms with van der Waals surface area (Å²) in [5.41, 5.74) is 2.73. The van der Waals surface area contributed by atoms with Crippen molar-refractivity contribution in [2.24, 2.45) is 0 Å². The zero-order valence-corrected chi connectivity index (χ0v) is 13.7. The van der Waals surface area contributed by atoms with E-state index in [2.05, 4.69) is 10.2 Å². The van der Waals surface area contributed by atoms with Gasteiger partial charge in [0.05, 0.1) is 11.2 Å². The summed E-state index contributed by atoms with van der Waals surface area (Å²) in [6.07, 6.45) is 1.73. The van der Waals surface area contributed by atoms with Gasteiger partial charge in [0.25, 0.3) is 0 Å². The fourth-order valence-electron chi connectivity index (χ4n) is 2.80. The Hall–Kier alpha value is -2.99. The predicted molar refractivity (Wildman–Crippen MR) is 96.6 cm³/mol. The van der Waals surface area contributed by atoms with Gasteiger partial charge in [0.2, 0.25) is 10.7 Å². The molecule has 0 atom stereocenters. The summed E-state index contributed by atoms with van der Waals surface area (Å²) in [5, 5.41) is 7.87. The maximum absolute atomic E-state index is 12.2. The Balaban J connectivity index is 2.06. The van der Waals surface area contributed by atoms with E-state index in [0.717, 1.165) is 16.8 Å². The number of rotatable bonds is 2. The lowest BCUT2D eigenvalue weighted by molar-refractivity contribution is 0.899. The summed E-state index contributed by atoms with van der Waals surface area (Å²) in [7, 11) is 0. The third kappa shape index (κ3) is 2.28. The summed E-state index contributed by atoms with van der Waals surface area (Å²) in [4.78, 5) is 12.2. The molecule has 0 aliphatic heterocycles. The second kappa shape index (κ2) is 5.58. The fourth-order valence-corrected chi connectivity index (χ4v) is 3.04. The molecule has 0 bridgehead atoms. The molecule has 118 valence electrons. The molecule has 0 saturated carbocycles. The molecule has 0 unspecified atom stereocenters. The van der Waals surface area contributed by atoms with Gasteiger partial charge in [0, 0.05) is 17.6 Å². The van der Waals surface area contributed by atoms with Gasteiger partial charge >= 0.3 is 0 Å². The first-order valence-corrected chi connectivity index (χ1v) is 7.91. The average Bonchev–Trinajstić information content (AvgIpc) is 2.98. The number of fused-ring (bicyclic) bond motifs is 1. The minimum absolute atomic E-state index is 0.00894. The Morgan fingerprint density at radius 3 is 2.67 bits per heavy atom. The Morgan fingerprint density at radius 2 is 1.88 bits per heavy atom. The van der Waals surface area contributed by atoms with Crippen molar-refractivity contribution in [3.63, 3.8) is 0 Å². The SMILES string of the molecule is Cc1ccc2c(c1)c(=O)ccn2-c1n[nH]c(=S)n1-c1ccccc1. The Kier molecular flexibility index (Phi) is 3.39. The zero-order chi connectivity index (χ0) is 16.7. The molecule has 24 heavy (non-hydrogen) atoms. The summed E-state index contributed by atoms with van der Waals surface area (Å²) in [5.74, 6) is 0.611. The summed E-state index contributed by atoms with van der Waals surface area (Å²) < 4.78 is 4.21. The highest BCUT2D eigenvalue weighted by Gasteiger charge is 2.12. The number of para-hydroxylation sites is 1. The molecule has 2 heterocycles. The van der Waals surface area contributed by atoms with E-state index in [-0.39, 0.29) is 5.43 Å². The normalized spacial score (nSPS) is 11.0. The van der Waals surface area contributed by atoms with Crippen molar-refractivity contribution in [1.82, 2.24) is 19.3 Å². The van der Waals surface area contributed by atoms with Gasteiger partial charge in [0.15, 0.2) is 5.43 Å². The fraction of sp³-hybridized carbons (Fsp3) is 0.0556. The molecule has 2 aromatic carbocycles. The maximum atomic E-state index is 12.2. The predicted octanol–water partition coefficient (Wildman–Crippen LogP) is 3.54. The lowest BCUT2D eigenvalue weighted by Crippen LogP contribution is -2.11. The van der Waals surface area contributed by atoms with Gasteiger partial charge < -0.3 is 0 Å². The number of nitrogens with zero attached hydrogens (tertiary/aromatic N) is 3. The number of nitrogens with one attached hydrogen (secondary N) is 1. The molecule has 0 aliphatic carbocycles. The molecule has 0 fully saturated rings. The number of hydrogen-bond donors (Lipinski definition) is 1. The molecule has 5 nitrogen and oxygen atoms in total. The van der Waals surface area contributed by atoms with Crippen LogP contribution in [-0.2, 0) is 0 Å². The van der Waals surface area contributed by atoms with E-state index >= 15 is 0 Å². The van der Waals surface area contributed by atoms with Crippen molar-refractivity contribution in [1.29, 1.82) is 0 Å². The number of benzene rings is 2. The van der Waals surface area contributed by atoms with Crippen molar-refractivity contribution in [3.05, 3.63) is 81.4 Å². The van der Waals surface area contributed by atoms with Crippen molar-refractivity contribution in [2.75, 3.05) is 0 Å². The van der Waals surface area contributed by atoms with Crippen LogP contribution in [0.3, 0.4) is 0 Å². The molecule has 1 N–H and O–H groups in total. The number of pyridine rings is 1. The van der Waals surface area contributed by atoms with E-state index in [1.54, 1.807) is 12.3 Å². The van der Waals surface area contributed by atoms with E-state index in [1.165, 1.54) is 0 Å². The Bertz CT molecular complexity index is 1160. The minimum atomic E-state index is -0.00894. The first-order valence-electron chi connectivity index (χ1n) is 7.50. The summed E-state index contributed by atoms with van der Waals surface area (Å²) >= 11 is 5.39. The van der Waals surface area contributed by atoms with Gasteiger partial charge in [-0.2, -0.15) is 0 Å². The van der Waals surface area contributed by atoms with Crippen LogP contribution in [0.1, 0.15) is 5.56 Å². The first kappa shape index (κ1) is 14.6. The highest BCUT2D eigenvalue weighted by molar-refractivity contribution is 7.71. The minimum Gasteiger partial charge on any atom is -0.289 e. The molecule has 0 radical (unpaired) electrons. The molecule has 0 spiro atoms. The third-order valence-corrected chi connectivity index (χ3v) is 4.21. The van der Waals surface area contributed by atoms with E-state index in [4.69, 9.17) is 12.2 Å². The first-order chi connectivity index (χ1) is 11.6. The average molecular weight is 334 g/mol. The van der Waals surface area contributed by atoms with E-state index < -0.39 is 0 Å². The monoisotopic (exact) mass is 334 g/mol. The lowest BCUT2D eigenvalue weighted by atomic mass is 10.1. The highest BCUT2D eigenvalue weighted by atomic mass is 32.1. The molecule has 0 amide bonds. The number of aromatic nitrogens is 4. The van der Waals surface area contributed by atoms with E-state index in [0.29, 0.717) is 16.1 Å². The van der Waals surface area contributed by atoms with Gasteiger partial charge in [-0.1, -0.05) is 29.8 Å². The van der Waals surface area contributed by atoms with Crippen LogP contribution >= 0.6 is 12.2 Å². The van der Waals surface area contributed by atoms with Crippen LogP contribution in [-0.4, -0.2) is 19.3 Å². The van der Waals surface area contributed by atoms with E-state index in [1.807, 2.05) is 64.6 Å². The highest BCUT2D eigenvalue weighted by Crippen LogP contribution is 2.19. The van der Waals surface area contributed by atoms with Crippen molar-refractivity contribution in [3.8, 4) is 11.6 Å². The second-order valence-electron chi connectivity index (χ2n) is 5.57. The molecule has 0 aliphatic rings. The van der Waals surface area contributed by atoms with Crippen LogP contribution in [0.15, 0.2) is 65.6 Å². The van der Waals surface area contributed by atoms with Crippen molar-refractivity contribution in [2.45, 2.75) is 6.92 Å². The van der Waals surface area contributed by atoms with Crippen LogP contribution in [0.25, 0.3) is 22.5 Å². The van der Waals surface area contributed by atoms with Crippen molar-refractivity contribution < 1.29 is 0 Å². The van der Waals surface area contributed by atoms with Crippen LogP contribution in [0.5, 0.6) is 0 Å². The van der Waals surface area contributed by atoms with Gasteiger partial charge in [-0.15, -0.1) is 5.10 Å². The molecule has 6 heteroatoms. The largest absolute Gasteiger partial charge is 0.289 e. The molecular weight excluding hydrogens is 320 g/mol. The van der Waals surface area contributed by atoms with Gasteiger partial charge in [0.1, 0.15) is 0 Å². The standard InChI is InChI=1S/C18H14N4OS/c1-12-7-8-15-14(11-12)16(23)9-10-21(15)17-19-20-18(24)22(17)13-5-3-2-4-6-13/h2-11H,1H3,(H,20,24). The number of aromatic amines is 1. The second-order valence-corrected chi connectivity index (χ2v) is 5.96. The maximum Gasteiger partial charge on any atom is 0.239 e. The van der Waals surface area contributed by atoms with Crippen molar-refractivity contribution >= 4 is 23.1 Å². The molecule has 0 saturated heterocycles. The molecule has 4 rings (SSSR count). The molecule has 4 aromatic rings. The molecule has 2 aromatic heterocycles. The molecular formula is C18H14N4OS. The zero-order valence-electron chi connectivity index (χ0n) is 12.9. The Labute approximate surface area is 142 Å². The van der Waals surface area contributed by atoms with E-state index in [9.17, 15) is 4.79 Å². The van der Waals surface area contributed by atoms with Gasteiger partial charge in [-0.25, -0.2) is 5.10 Å². The Morgan fingerprint density at radius 1 is 1.08 bits per heavy atom. The number of H-pyrrole nitrogens is 1. The topological polar surface area (TPSA) is 55.6 Å². The van der Waals surface area contributed by atoms with Crippen LogP contribution in [0, 0.1) is 11.7 Å². The van der Waals surface area contributed by atoms with Gasteiger partial charge in [-0.3, -0.25) is 13.9 Å². The summed E-state index contributed by atoms with van der Waals surface area (Å²) in [6.45, 7) is 1.97.